The number of halogens is 1. The fraction of sp³-hybridized carbons (Fsp3) is 0.148. The Balaban J connectivity index is 1.50. The number of carbonyl (C=O) groups excluding carboxylic acids is 3. The maximum absolute atomic E-state index is 13.0. The molecular weight excluding hydrogens is 450 g/mol. The van der Waals surface area contributed by atoms with Crippen LogP contribution in [-0.2, 0) is 9.59 Å². The Kier molecular flexibility index (Phi) is 6.26. The minimum Gasteiger partial charge on any atom is -0.350 e. The van der Waals surface area contributed by atoms with Gasteiger partial charge in [0.1, 0.15) is 10.7 Å². The molecule has 0 atom stereocenters. The van der Waals surface area contributed by atoms with Gasteiger partial charge in [-0.3, -0.25) is 14.4 Å². The summed E-state index contributed by atoms with van der Waals surface area (Å²) < 4.78 is 0. The van der Waals surface area contributed by atoms with E-state index < -0.39 is 11.8 Å². The zero-order valence-electron chi connectivity index (χ0n) is 19.3. The second-order valence-electron chi connectivity index (χ2n) is 8.46. The van der Waals surface area contributed by atoms with Crippen molar-refractivity contribution < 1.29 is 14.4 Å². The molecule has 3 aromatic rings. The van der Waals surface area contributed by atoms with E-state index in [9.17, 15) is 14.4 Å². The van der Waals surface area contributed by atoms with Crippen LogP contribution in [0, 0.1) is 27.7 Å². The number of aryl methyl sites for hydroxylation is 4. The summed E-state index contributed by atoms with van der Waals surface area (Å²) in [7, 11) is 0. The average molecular weight is 474 g/mol. The van der Waals surface area contributed by atoms with Crippen LogP contribution in [-0.4, -0.2) is 17.7 Å². The Bertz CT molecular complexity index is 1340. The molecule has 6 nitrogen and oxygen atoms in total. The smallest absolute Gasteiger partial charge is 0.283 e. The summed E-state index contributed by atoms with van der Waals surface area (Å²) in [5, 5.41) is 5.67. The summed E-state index contributed by atoms with van der Waals surface area (Å²) in [5.41, 5.74) is 6.10. The van der Waals surface area contributed by atoms with Crippen LogP contribution in [0.4, 0.5) is 17.1 Å². The highest BCUT2D eigenvalue weighted by atomic mass is 35.5. The van der Waals surface area contributed by atoms with Crippen molar-refractivity contribution in [2.24, 2.45) is 0 Å². The van der Waals surface area contributed by atoms with Gasteiger partial charge in [0.25, 0.3) is 17.7 Å². The van der Waals surface area contributed by atoms with E-state index in [1.54, 1.807) is 36.4 Å². The second kappa shape index (κ2) is 9.15. The van der Waals surface area contributed by atoms with Gasteiger partial charge < -0.3 is 10.6 Å². The van der Waals surface area contributed by atoms with Crippen molar-refractivity contribution >= 4 is 46.4 Å². The first-order valence-electron chi connectivity index (χ1n) is 10.8. The van der Waals surface area contributed by atoms with Gasteiger partial charge in [-0.05, 0) is 92.4 Å². The molecule has 1 aliphatic rings. The van der Waals surface area contributed by atoms with Gasteiger partial charge in [-0.15, -0.1) is 0 Å². The largest absolute Gasteiger partial charge is 0.350 e. The van der Waals surface area contributed by atoms with E-state index in [1.165, 1.54) is 0 Å². The van der Waals surface area contributed by atoms with Crippen molar-refractivity contribution in [3.63, 3.8) is 0 Å². The molecule has 0 spiro atoms. The monoisotopic (exact) mass is 473 g/mol. The lowest BCUT2D eigenvalue weighted by Crippen LogP contribution is -2.32. The normalized spacial score (nSPS) is 13.5. The number of benzene rings is 3. The molecule has 0 bridgehead atoms. The van der Waals surface area contributed by atoms with Gasteiger partial charge in [-0.25, -0.2) is 4.90 Å². The van der Waals surface area contributed by atoms with Gasteiger partial charge in [0.05, 0.1) is 5.69 Å². The van der Waals surface area contributed by atoms with Gasteiger partial charge in [-0.1, -0.05) is 29.8 Å². The molecule has 4 rings (SSSR count). The Morgan fingerprint density at radius 1 is 0.794 bits per heavy atom. The number of carbonyl (C=O) groups is 3. The maximum Gasteiger partial charge on any atom is 0.283 e. The standard InChI is InChI=1S/C27H24ClN3O3/c1-15-5-6-18(4)22(14-15)30-25(32)19-7-9-20(10-8-19)29-24-23(28)26(33)31(27(24)34)21-12-16(2)11-17(3)13-21/h5-14,29H,1-4H3,(H,30,32). The molecule has 0 saturated heterocycles. The minimum absolute atomic E-state index is 0.00147. The Morgan fingerprint density at radius 3 is 2.09 bits per heavy atom. The first-order valence-corrected chi connectivity index (χ1v) is 11.1. The quantitative estimate of drug-likeness (QED) is 0.472. The van der Waals surface area contributed by atoms with Gasteiger partial charge >= 0.3 is 0 Å². The number of imide groups is 1. The Labute approximate surface area is 203 Å². The fourth-order valence-electron chi connectivity index (χ4n) is 3.84. The van der Waals surface area contributed by atoms with Crippen LogP contribution in [0.25, 0.3) is 0 Å². The summed E-state index contributed by atoms with van der Waals surface area (Å²) in [5.74, 6) is -1.36. The van der Waals surface area contributed by atoms with E-state index in [2.05, 4.69) is 10.6 Å². The highest BCUT2D eigenvalue weighted by Crippen LogP contribution is 2.31. The van der Waals surface area contributed by atoms with Gasteiger partial charge in [0, 0.05) is 16.9 Å². The molecule has 0 saturated carbocycles. The summed E-state index contributed by atoms with van der Waals surface area (Å²) in [4.78, 5) is 39.5. The zero-order valence-corrected chi connectivity index (χ0v) is 20.1. The summed E-state index contributed by atoms with van der Waals surface area (Å²) in [6.07, 6.45) is 0. The topological polar surface area (TPSA) is 78.5 Å². The average Bonchev–Trinajstić information content (AvgIpc) is 2.99. The molecule has 7 heteroatoms. The van der Waals surface area contributed by atoms with Crippen LogP contribution >= 0.6 is 11.6 Å². The molecule has 2 N–H and O–H groups in total. The van der Waals surface area contributed by atoms with Gasteiger partial charge in [0.15, 0.2) is 0 Å². The fourth-order valence-corrected chi connectivity index (χ4v) is 4.05. The summed E-state index contributed by atoms with van der Waals surface area (Å²) in [6.45, 7) is 7.69. The molecule has 0 fully saturated rings. The molecule has 34 heavy (non-hydrogen) atoms. The van der Waals surface area contributed by atoms with Crippen LogP contribution in [0.2, 0.25) is 0 Å². The van der Waals surface area contributed by atoms with Crippen molar-refractivity contribution in [2.75, 3.05) is 15.5 Å². The number of anilines is 3. The van der Waals surface area contributed by atoms with Gasteiger partial charge in [-0.2, -0.15) is 0 Å². The second-order valence-corrected chi connectivity index (χ2v) is 8.83. The Morgan fingerprint density at radius 2 is 1.44 bits per heavy atom. The maximum atomic E-state index is 13.0. The zero-order chi connectivity index (χ0) is 24.6. The first-order chi connectivity index (χ1) is 16.1. The molecule has 0 radical (unpaired) electrons. The van der Waals surface area contributed by atoms with E-state index >= 15 is 0 Å². The van der Waals surface area contributed by atoms with Crippen molar-refractivity contribution in [2.45, 2.75) is 27.7 Å². The van der Waals surface area contributed by atoms with Crippen LogP contribution in [0.3, 0.4) is 0 Å². The number of hydrogen-bond acceptors (Lipinski definition) is 4. The molecule has 0 unspecified atom stereocenters. The molecule has 3 aromatic carbocycles. The third-order valence-electron chi connectivity index (χ3n) is 5.55. The van der Waals surface area contributed by atoms with Crippen LogP contribution < -0.4 is 15.5 Å². The molecule has 0 aromatic heterocycles. The number of nitrogens with one attached hydrogen (secondary N) is 2. The first kappa shape index (κ1) is 23.3. The predicted molar refractivity (Wildman–Crippen MR) is 135 cm³/mol. The molecule has 3 amide bonds. The van der Waals surface area contributed by atoms with E-state index in [0.717, 1.165) is 32.8 Å². The van der Waals surface area contributed by atoms with Crippen molar-refractivity contribution in [3.05, 3.63) is 99.2 Å². The minimum atomic E-state index is -0.580. The summed E-state index contributed by atoms with van der Waals surface area (Å²) >= 11 is 6.24. The summed E-state index contributed by atoms with van der Waals surface area (Å²) in [6, 6.07) is 17.9. The molecule has 172 valence electrons. The highest BCUT2D eigenvalue weighted by Gasteiger charge is 2.39. The lowest BCUT2D eigenvalue weighted by atomic mass is 10.1. The SMILES string of the molecule is Cc1cc(C)cc(N2C(=O)C(Cl)=C(Nc3ccc(C(=O)Nc4cc(C)ccc4C)cc3)C2=O)c1. The third-order valence-corrected chi connectivity index (χ3v) is 5.90. The van der Waals surface area contributed by atoms with E-state index in [-0.39, 0.29) is 16.6 Å². The van der Waals surface area contributed by atoms with E-state index in [1.807, 2.05) is 52.0 Å². The number of amides is 3. The molecule has 1 aliphatic heterocycles. The van der Waals surface area contributed by atoms with Gasteiger partial charge in [0.2, 0.25) is 0 Å². The highest BCUT2D eigenvalue weighted by molar-refractivity contribution is 6.53. The van der Waals surface area contributed by atoms with E-state index in [4.69, 9.17) is 11.6 Å². The molecule has 0 aliphatic carbocycles. The van der Waals surface area contributed by atoms with Crippen molar-refractivity contribution in [1.29, 1.82) is 0 Å². The Hall–Kier alpha value is -3.90. The number of nitrogens with zero attached hydrogens (tertiary/aromatic N) is 1. The van der Waals surface area contributed by atoms with Crippen LogP contribution in [0.15, 0.2) is 71.4 Å². The number of rotatable bonds is 5. The number of hydrogen-bond donors (Lipinski definition) is 2. The molecule has 1 heterocycles. The lowest BCUT2D eigenvalue weighted by Gasteiger charge is -2.16. The van der Waals surface area contributed by atoms with Crippen LogP contribution in [0.5, 0.6) is 0 Å². The third kappa shape index (κ3) is 4.58. The predicted octanol–water partition coefficient (Wildman–Crippen LogP) is 5.61. The van der Waals surface area contributed by atoms with Crippen molar-refractivity contribution in [1.82, 2.24) is 0 Å². The lowest BCUT2D eigenvalue weighted by molar-refractivity contribution is -0.120. The van der Waals surface area contributed by atoms with Crippen molar-refractivity contribution in [3.8, 4) is 0 Å². The van der Waals surface area contributed by atoms with Crippen LogP contribution in [0.1, 0.15) is 32.6 Å². The van der Waals surface area contributed by atoms with E-state index in [0.29, 0.717) is 16.9 Å². The molecular formula is C27H24ClN3O3.